The summed E-state index contributed by atoms with van der Waals surface area (Å²) in [6.07, 6.45) is 18.6. The van der Waals surface area contributed by atoms with Crippen molar-refractivity contribution in [3.05, 3.63) is 0 Å². The molecule has 15 nitrogen and oxygen atoms in total. The molecule has 0 aromatic heterocycles. The fraction of sp³-hybridized carbons (Fsp3) is 0.938. The van der Waals surface area contributed by atoms with Gasteiger partial charge in [0.1, 0.15) is 12.1 Å². The zero-order valence-electron chi connectivity index (χ0n) is 40.1. The standard InChI is InChI=1S/C48H92NO14P/c1-4-7-10-13-16-19-22-25-28-31-38(51)34-42(54)49-45-47(62-44(56)36-40(53)33-30-27-24-21-18-15-12-9-6-3)46(41(37-50)60-48(45)63-64(57,58)59)61-43(55)35-39(52)32-29-26-23-20-17-14-11-8-5-2/h38-41,45-48,50-53H,4-37H2,1-3H3,(H,49,54)(H2,57,58,59)/t38-,39?,40?,41-,45-,46-,47-,48-/m1/s1. The normalized spacial score (nSPS) is 20.4. The van der Waals surface area contributed by atoms with Gasteiger partial charge < -0.3 is 49.7 Å². The Bertz CT molecular complexity index is 1220. The maximum absolute atomic E-state index is 13.5. The van der Waals surface area contributed by atoms with Crippen LogP contribution in [0.5, 0.6) is 0 Å². The van der Waals surface area contributed by atoms with Gasteiger partial charge in [0.05, 0.1) is 44.2 Å². The Hall–Kier alpha value is -1.68. The molecule has 2 unspecified atom stereocenters. The number of aliphatic hydroxyl groups excluding tert-OH is 4. The topological polar surface area (TPSA) is 239 Å². The largest absolute Gasteiger partial charge is 0.472 e. The van der Waals surface area contributed by atoms with Crippen molar-refractivity contribution in [2.75, 3.05) is 6.61 Å². The Morgan fingerprint density at radius 3 is 1.20 bits per heavy atom. The molecule has 0 radical (unpaired) electrons. The van der Waals surface area contributed by atoms with Gasteiger partial charge in [-0.2, -0.15) is 0 Å². The molecule has 1 amide bonds. The van der Waals surface area contributed by atoms with Crippen LogP contribution in [0.3, 0.4) is 0 Å². The highest BCUT2D eigenvalue weighted by molar-refractivity contribution is 7.46. The molecule has 0 aromatic carbocycles. The molecule has 16 heteroatoms. The van der Waals surface area contributed by atoms with Crippen molar-refractivity contribution in [3.63, 3.8) is 0 Å². The fourth-order valence-electron chi connectivity index (χ4n) is 8.33. The van der Waals surface area contributed by atoms with Crippen molar-refractivity contribution in [2.45, 2.75) is 282 Å². The van der Waals surface area contributed by atoms with Gasteiger partial charge in [-0.1, -0.05) is 194 Å². The lowest BCUT2D eigenvalue weighted by molar-refractivity contribution is -0.260. The van der Waals surface area contributed by atoms with Crippen LogP contribution in [-0.2, 0) is 37.7 Å². The van der Waals surface area contributed by atoms with Crippen LogP contribution in [0.4, 0.5) is 0 Å². The van der Waals surface area contributed by atoms with Gasteiger partial charge in [-0.3, -0.25) is 18.9 Å². The number of phosphoric acid groups is 1. The Kier molecular flexibility index (Phi) is 36.1. The van der Waals surface area contributed by atoms with Crippen LogP contribution in [0.25, 0.3) is 0 Å². The minimum atomic E-state index is -5.34. The summed E-state index contributed by atoms with van der Waals surface area (Å²) in [5.74, 6) is -2.66. The molecule has 1 aliphatic rings. The lowest BCUT2D eigenvalue weighted by Crippen LogP contribution is -2.66. The van der Waals surface area contributed by atoms with E-state index >= 15 is 0 Å². The van der Waals surface area contributed by atoms with Crippen LogP contribution in [-0.4, -0.2) is 104 Å². The van der Waals surface area contributed by atoms with Gasteiger partial charge in [-0.15, -0.1) is 0 Å². The summed E-state index contributed by atoms with van der Waals surface area (Å²) < 4.78 is 34.3. The quantitative estimate of drug-likeness (QED) is 0.0172. The van der Waals surface area contributed by atoms with Gasteiger partial charge in [0.15, 0.2) is 18.5 Å². The van der Waals surface area contributed by atoms with Crippen molar-refractivity contribution in [1.29, 1.82) is 0 Å². The van der Waals surface area contributed by atoms with Crippen molar-refractivity contribution in [2.24, 2.45) is 0 Å². The Morgan fingerprint density at radius 2 is 0.859 bits per heavy atom. The van der Waals surface area contributed by atoms with Crippen LogP contribution in [0.15, 0.2) is 0 Å². The molecule has 1 saturated heterocycles. The molecule has 0 bridgehead atoms. The highest BCUT2D eigenvalue weighted by Gasteiger charge is 2.53. The van der Waals surface area contributed by atoms with Gasteiger partial charge in [-0.25, -0.2) is 4.57 Å². The first kappa shape index (κ1) is 60.3. The van der Waals surface area contributed by atoms with E-state index in [1.807, 2.05) is 0 Å². The number of nitrogens with one attached hydrogen (secondary N) is 1. The molecule has 1 heterocycles. The predicted octanol–water partition coefficient (Wildman–Crippen LogP) is 9.14. The predicted molar refractivity (Wildman–Crippen MR) is 248 cm³/mol. The number of aliphatic hydroxyl groups is 4. The molecule has 0 aromatic rings. The van der Waals surface area contributed by atoms with Gasteiger partial charge in [0.25, 0.3) is 0 Å². The van der Waals surface area contributed by atoms with Crippen LogP contribution in [0.2, 0.25) is 0 Å². The van der Waals surface area contributed by atoms with E-state index in [0.717, 1.165) is 77.0 Å². The molecule has 7 N–H and O–H groups in total. The van der Waals surface area contributed by atoms with E-state index in [2.05, 4.69) is 26.1 Å². The Balaban J connectivity index is 3.09. The molecular weight excluding hydrogens is 845 g/mol. The first-order chi connectivity index (χ1) is 30.7. The van der Waals surface area contributed by atoms with Gasteiger partial charge >= 0.3 is 19.8 Å². The van der Waals surface area contributed by atoms with Gasteiger partial charge in [-0.05, 0) is 19.3 Å². The Labute approximate surface area is 386 Å². The zero-order chi connectivity index (χ0) is 47.4. The number of unbranched alkanes of at least 4 members (excludes halogenated alkanes) is 24. The zero-order valence-corrected chi connectivity index (χ0v) is 41.0. The average Bonchev–Trinajstić information content (AvgIpc) is 3.23. The summed E-state index contributed by atoms with van der Waals surface area (Å²) in [4.78, 5) is 59.9. The second-order valence-electron chi connectivity index (χ2n) is 18.2. The number of carbonyl (C=O) groups excluding carboxylic acids is 3. The first-order valence-corrected chi connectivity index (χ1v) is 27.0. The molecule has 378 valence electrons. The third-order valence-corrected chi connectivity index (χ3v) is 12.6. The summed E-state index contributed by atoms with van der Waals surface area (Å²) in [5, 5.41) is 45.2. The molecule has 1 aliphatic heterocycles. The number of esters is 2. The third kappa shape index (κ3) is 31.3. The Morgan fingerprint density at radius 1 is 0.531 bits per heavy atom. The van der Waals surface area contributed by atoms with Gasteiger partial charge in [0.2, 0.25) is 5.91 Å². The smallest absolute Gasteiger partial charge is 0.456 e. The van der Waals surface area contributed by atoms with E-state index in [0.29, 0.717) is 38.5 Å². The van der Waals surface area contributed by atoms with E-state index in [1.165, 1.54) is 77.0 Å². The average molecular weight is 938 g/mol. The summed E-state index contributed by atoms with van der Waals surface area (Å²) in [5.41, 5.74) is 0. The first-order valence-electron chi connectivity index (χ1n) is 25.5. The van der Waals surface area contributed by atoms with E-state index in [4.69, 9.17) is 18.7 Å². The van der Waals surface area contributed by atoms with Gasteiger partial charge in [0, 0.05) is 0 Å². The maximum atomic E-state index is 13.5. The molecule has 8 atom stereocenters. The lowest BCUT2D eigenvalue weighted by atomic mass is 9.95. The van der Waals surface area contributed by atoms with Crippen LogP contribution in [0.1, 0.15) is 233 Å². The molecule has 1 rings (SSSR count). The molecular formula is C48H92NO14P. The molecule has 0 spiro atoms. The SMILES string of the molecule is CCCCCCCCCCCC(O)CC(=O)O[C@@H]1[C@@H](NC(=O)C[C@H](O)CCCCCCCCCCC)[C@@H](OP(=O)(O)O)O[C@H](CO)[C@H]1OC(=O)CC(O)CCCCCCCCCCC. The number of rotatable bonds is 42. The number of hydrogen-bond donors (Lipinski definition) is 7. The highest BCUT2D eigenvalue weighted by Crippen LogP contribution is 2.41. The lowest BCUT2D eigenvalue weighted by Gasteiger charge is -2.45. The molecule has 1 fully saturated rings. The van der Waals surface area contributed by atoms with E-state index < -0.39 is 100 Å². The number of ether oxygens (including phenoxy) is 3. The molecule has 0 saturated carbocycles. The summed E-state index contributed by atoms with van der Waals surface area (Å²) in [6, 6.07) is -1.70. The number of carbonyl (C=O) groups is 3. The minimum absolute atomic E-state index is 0.314. The van der Waals surface area contributed by atoms with E-state index in [-0.39, 0.29) is 0 Å². The molecule has 0 aliphatic carbocycles. The third-order valence-electron chi connectivity index (χ3n) is 12.1. The second kappa shape index (κ2) is 38.3. The van der Waals surface area contributed by atoms with Crippen LogP contribution >= 0.6 is 7.82 Å². The highest BCUT2D eigenvalue weighted by atomic mass is 31.2. The summed E-state index contributed by atoms with van der Waals surface area (Å²) >= 11 is 0. The van der Waals surface area contributed by atoms with Crippen LogP contribution < -0.4 is 5.32 Å². The maximum Gasteiger partial charge on any atom is 0.472 e. The second-order valence-corrected chi connectivity index (χ2v) is 19.4. The van der Waals surface area contributed by atoms with Crippen LogP contribution in [0, 0.1) is 0 Å². The van der Waals surface area contributed by atoms with E-state index in [9.17, 15) is 49.2 Å². The van der Waals surface area contributed by atoms with Crippen molar-refractivity contribution >= 4 is 25.7 Å². The minimum Gasteiger partial charge on any atom is -0.456 e. The van der Waals surface area contributed by atoms with E-state index in [1.54, 1.807) is 0 Å². The summed E-state index contributed by atoms with van der Waals surface area (Å²) in [6.45, 7) is 5.65. The number of phosphoric ester groups is 1. The monoisotopic (exact) mass is 938 g/mol. The fourth-order valence-corrected chi connectivity index (χ4v) is 8.78. The van der Waals surface area contributed by atoms with Crippen molar-refractivity contribution < 1.29 is 67.9 Å². The number of hydrogen-bond acceptors (Lipinski definition) is 12. The number of amides is 1. The summed E-state index contributed by atoms with van der Waals surface area (Å²) in [7, 11) is -5.34. The van der Waals surface area contributed by atoms with Crippen molar-refractivity contribution in [1.82, 2.24) is 5.32 Å². The van der Waals surface area contributed by atoms with Crippen molar-refractivity contribution in [3.8, 4) is 0 Å². The molecule has 64 heavy (non-hydrogen) atoms.